The molecule has 1 nitrogen and oxygen atoms in total. The molecule has 0 N–H and O–H groups in total. The van der Waals surface area contributed by atoms with Crippen molar-refractivity contribution < 1.29 is 0 Å². The fourth-order valence-electron chi connectivity index (χ4n) is 3.49. The van der Waals surface area contributed by atoms with Crippen molar-refractivity contribution in [1.82, 2.24) is 4.57 Å². The third kappa shape index (κ3) is 2.14. The van der Waals surface area contributed by atoms with Gasteiger partial charge in [0.15, 0.2) is 0 Å². The molecule has 4 rings (SSSR count). The normalized spacial score (nSPS) is 11.9. The highest BCUT2D eigenvalue weighted by Gasteiger charge is 2.13. The monoisotopic (exact) mass is 307 g/mol. The first-order chi connectivity index (χ1) is 10.9. The fourth-order valence-corrected chi connectivity index (χ4v) is 4.44. The van der Waals surface area contributed by atoms with Crippen molar-refractivity contribution in [1.29, 1.82) is 0 Å². The van der Waals surface area contributed by atoms with Crippen LogP contribution in [0.15, 0.2) is 47.8 Å². The van der Waals surface area contributed by atoms with Crippen LogP contribution >= 0.6 is 11.3 Å². The summed E-state index contributed by atoms with van der Waals surface area (Å²) in [5.41, 5.74) is 2.82. The van der Waals surface area contributed by atoms with Crippen LogP contribution in [0.1, 0.15) is 32.6 Å². The Morgan fingerprint density at radius 3 is 2.73 bits per heavy atom. The third-order valence-electron chi connectivity index (χ3n) is 4.59. The topological polar surface area (TPSA) is 4.93 Å². The Bertz CT molecular complexity index is 929. The van der Waals surface area contributed by atoms with Gasteiger partial charge in [-0.25, -0.2) is 0 Å². The van der Waals surface area contributed by atoms with E-state index in [1.54, 1.807) is 0 Å². The highest BCUT2D eigenvalue weighted by Crippen LogP contribution is 2.36. The Balaban J connectivity index is 1.94. The predicted molar refractivity (Wildman–Crippen MR) is 99.0 cm³/mol. The first-order valence-electron chi connectivity index (χ1n) is 8.27. The Morgan fingerprint density at radius 1 is 0.909 bits per heavy atom. The Kier molecular flexibility index (Phi) is 3.63. The fraction of sp³-hybridized carbons (Fsp3) is 0.300. The molecule has 22 heavy (non-hydrogen) atoms. The summed E-state index contributed by atoms with van der Waals surface area (Å²) in [7, 11) is 0. The van der Waals surface area contributed by atoms with Gasteiger partial charge in [-0.1, -0.05) is 56.5 Å². The lowest BCUT2D eigenvalue weighted by molar-refractivity contribution is 0.603. The van der Waals surface area contributed by atoms with Crippen LogP contribution in [0.4, 0.5) is 0 Å². The first-order valence-corrected chi connectivity index (χ1v) is 9.15. The first kappa shape index (κ1) is 13.8. The molecule has 4 aromatic rings. The highest BCUT2D eigenvalue weighted by molar-refractivity contribution is 7.18. The van der Waals surface area contributed by atoms with Gasteiger partial charge in [-0.15, -0.1) is 11.3 Å². The van der Waals surface area contributed by atoms with Crippen LogP contribution in [0.25, 0.3) is 31.9 Å². The van der Waals surface area contributed by atoms with Gasteiger partial charge in [0, 0.05) is 22.8 Å². The van der Waals surface area contributed by atoms with Crippen LogP contribution in [-0.2, 0) is 6.54 Å². The number of thiophene rings is 1. The number of aromatic nitrogens is 1. The number of aryl methyl sites for hydroxylation is 1. The summed E-state index contributed by atoms with van der Waals surface area (Å²) in [6.45, 7) is 3.40. The average Bonchev–Trinajstić information content (AvgIpc) is 3.14. The van der Waals surface area contributed by atoms with E-state index in [0.29, 0.717) is 0 Å². The number of hydrogen-bond acceptors (Lipinski definition) is 1. The highest BCUT2D eigenvalue weighted by atomic mass is 32.1. The maximum atomic E-state index is 2.55. The minimum Gasteiger partial charge on any atom is -0.339 e. The molecule has 0 fully saturated rings. The Morgan fingerprint density at radius 2 is 1.82 bits per heavy atom. The zero-order chi connectivity index (χ0) is 14.9. The van der Waals surface area contributed by atoms with Crippen LogP contribution in [0.3, 0.4) is 0 Å². The van der Waals surface area contributed by atoms with Crippen LogP contribution in [0.5, 0.6) is 0 Å². The van der Waals surface area contributed by atoms with Gasteiger partial charge >= 0.3 is 0 Å². The molecule has 0 saturated carbocycles. The zero-order valence-electron chi connectivity index (χ0n) is 13.0. The minimum absolute atomic E-state index is 1.13. The Labute approximate surface area is 135 Å². The summed E-state index contributed by atoms with van der Waals surface area (Å²) < 4.78 is 3.99. The van der Waals surface area contributed by atoms with Crippen molar-refractivity contribution in [3.63, 3.8) is 0 Å². The molecular formula is C20H21NS. The molecule has 0 unspecified atom stereocenters. The number of para-hydroxylation sites is 1. The molecule has 2 heteroatoms. The van der Waals surface area contributed by atoms with Gasteiger partial charge in [-0.2, -0.15) is 0 Å². The number of fused-ring (bicyclic) bond motifs is 5. The van der Waals surface area contributed by atoms with Gasteiger partial charge in [0.25, 0.3) is 0 Å². The summed E-state index contributed by atoms with van der Waals surface area (Å²) in [4.78, 5) is 0. The van der Waals surface area contributed by atoms with E-state index < -0.39 is 0 Å². The van der Waals surface area contributed by atoms with Crippen LogP contribution in [-0.4, -0.2) is 4.57 Å². The van der Waals surface area contributed by atoms with Crippen molar-refractivity contribution in [3.05, 3.63) is 47.8 Å². The molecule has 112 valence electrons. The molecule has 2 aromatic heterocycles. The molecule has 0 spiro atoms. The second kappa shape index (κ2) is 5.77. The number of rotatable bonds is 5. The van der Waals surface area contributed by atoms with Crippen molar-refractivity contribution in [2.45, 2.75) is 39.2 Å². The summed E-state index contributed by atoms with van der Waals surface area (Å²) in [6, 6.07) is 15.7. The van der Waals surface area contributed by atoms with Crippen molar-refractivity contribution in [3.8, 4) is 0 Å². The van der Waals surface area contributed by atoms with E-state index in [0.717, 1.165) is 6.54 Å². The van der Waals surface area contributed by atoms with E-state index in [2.05, 4.69) is 59.3 Å². The lowest BCUT2D eigenvalue weighted by atomic mass is 10.1. The van der Waals surface area contributed by atoms with E-state index in [-0.39, 0.29) is 0 Å². The quantitative estimate of drug-likeness (QED) is 0.366. The van der Waals surface area contributed by atoms with Crippen LogP contribution in [0.2, 0.25) is 0 Å². The Hall–Kier alpha value is -1.80. The van der Waals surface area contributed by atoms with Crippen molar-refractivity contribution in [2.24, 2.45) is 0 Å². The molecule has 0 aliphatic rings. The van der Waals surface area contributed by atoms with E-state index in [1.807, 2.05) is 11.3 Å². The molecule has 0 amide bonds. The molecule has 0 aliphatic heterocycles. The SMILES string of the molecule is CCCCCCn1c2ccccc2c2ccc3ccsc3c21. The summed E-state index contributed by atoms with van der Waals surface area (Å²) >= 11 is 1.87. The van der Waals surface area contributed by atoms with E-state index in [9.17, 15) is 0 Å². The maximum Gasteiger partial charge on any atom is 0.0672 e. The minimum atomic E-state index is 1.13. The van der Waals surface area contributed by atoms with Crippen molar-refractivity contribution >= 4 is 43.2 Å². The number of hydrogen-bond donors (Lipinski definition) is 0. The van der Waals surface area contributed by atoms with Gasteiger partial charge in [0.05, 0.1) is 10.2 Å². The predicted octanol–water partition coefficient (Wildman–Crippen LogP) is 6.59. The smallest absolute Gasteiger partial charge is 0.0672 e. The van der Waals surface area contributed by atoms with E-state index >= 15 is 0 Å². The average molecular weight is 307 g/mol. The number of nitrogens with zero attached hydrogens (tertiary/aromatic N) is 1. The molecule has 0 atom stereocenters. The van der Waals surface area contributed by atoms with Crippen LogP contribution < -0.4 is 0 Å². The van der Waals surface area contributed by atoms with Gasteiger partial charge in [-0.3, -0.25) is 0 Å². The molecule has 0 aliphatic carbocycles. The largest absolute Gasteiger partial charge is 0.339 e. The maximum absolute atomic E-state index is 2.55. The summed E-state index contributed by atoms with van der Waals surface area (Å²) in [5, 5.41) is 6.38. The van der Waals surface area contributed by atoms with Gasteiger partial charge < -0.3 is 4.57 Å². The third-order valence-corrected chi connectivity index (χ3v) is 5.52. The molecule has 0 saturated heterocycles. The van der Waals surface area contributed by atoms with E-state index in [1.165, 1.54) is 57.6 Å². The molecule has 0 bridgehead atoms. The number of unbranched alkanes of at least 4 members (excludes halogenated alkanes) is 3. The molecular weight excluding hydrogens is 286 g/mol. The number of benzene rings is 2. The molecule has 2 heterocycles. The summed E-state index contributed by atoms with van der Waals surface area (Å²) in [6.07, 6.45) is 5.22. The second-order valence-electron chi connectivity index (χ2n) is 6.03. The van der Waals surface area contributed by atoms with Crippen molar-refractivity contribution in [2.75, 3.05) is 0 Å². The van der Waals surface area contributed by atoms with Gasteiger partial charge in [0.2, 0.25) is 0 Å². The zero-order valence-corrected chi connectivity index (χ0v) is 13.8. The standard InChI is InChI=1S/C20H21NS/c1-2-3-4-7-13-21-18-9-6-5-8-16(18)17-11-10-15-12-14-22-20(15)19(17)21/h5-6,8-12,14H,2-4,7,13H2,1H3. The molecule has 0 radical (unpaired) electrons. The van der Waals surface area contributed by atoms with Gasteiger partial charge in [0.1, 0.15) is 0 Å². The van der Waals surface area contributed by atoms with E-state index in [4.69, 9.17) is 0 Å². The lowest BCUT2D eigenvalue weighted by Crippen LogP contribution is -1.97. The molecule has 2 aromatic carbocycles. The lowest BCUT2D eigenvalue weighted by Gasteiger charge is -2.08. The summed E-state index contributed by atoms with van der Waals surface area (Å²) in [5.74, 6) is 0. The second-order valence-corrected chi connectivity index (χ2v) is 6.95. The van der Waals surface area contributed by atoms with Crippen LogP contribution in [0, 0.1) is 0 Å². The van der Waals surface area contributed by atoms with Gasteiger partial charge in [-0.05, 0) is 29.3 Å².